The van der Waals surface area contributed by atoms with E-state index in [0.29, 0.717) is 12.2 Å². The summed E-state index contributed by atoms with van der Waals surface area (Å²) in [6.07, 6.45) is 3.95. The first-order valence-corrected chi connectivity index (χ1v) is 7.30. The Balaban J connectivity index is 0.00000200. The molecule has 0 bridgehead atoms. The van der Waals surface area contributed by atoms with E-state index in [2.05, 4.69) is 15.3 Å². The number of nitrogens with one attached hydrogen (secondary N) is 1. The Kier molecular flexibility index (Phi) is 6.54. The summed E-state index contributed by atoms with van der Waals surface area (Å²) >= 11 is 1.63. The quantitative estimate of drug-likeness (QED) is 0.853. The summed E-state index contributed by atoms with van der Waals surface area (Å²) in [6, 6.07) is 6.90. The molecule has 2 rings (SSSR count). The molecule has 7 heteroatoms. The number of rotatable bonds is 6. The largest absolute Gasteiger partial charge is 0.480 e. The highest BCUT2D eigenvalue weighted by Crippen LogP contribution is 2.20. The average Bonchev–Trinajstić information content (AvgIpc) is 2.43. The van der Waals surface area contributed by atoms with Crippen molar-refractivity contribution in [2.24, 2.45) is 0 Å². The Morgan fingerprint density at radius 3 is 2.90 bits per heavy atom. The van der Waals surface area contributed by atoms with Gasteiger partial charge in [-0.25, -0.2) is 14.8 Å². The zero-order valence-electron chi connectivity index (χ0n) is 10.9. The number of fused-ring (bicyclic) bond motifs is 1. The second-order valence-electron chi connectivity index (χ2n) is 4.06. The molecule has 0 saturated carbocycles. The van der Waals surface area contributed by atoms with Gasteiger partial charge < -0.3 is 10.4 Å². The molecular weight excluding hydrogens is 298 g/mol. The molecule has 1 aromatic carbocycles. The molecule has 0 aliphatic heterocycles. The number of carboxylic acid groups (broad SMARTS) is 1. The molecule has 0 aliphatic rings. The second kappa shape index (κ2) is 7.91. The molecule has 1 aromatic heterocycles. The molecule has 0 amide bonds. The molecule has 0 spiro atoms. The third kappa shape index (κ3) is 3.98. The minimum atomic E-state index is -0.864. The Bertz CT molecular complexity index is 583. The van der Waals surface area contributed by atoms with Gasteiger partial charge in [0.2, 0.25) is 0 Å². The first-order valence-electron chi connectivity index (χ1n) is 5.90. The minimum absolute atomic E-state index is 0. The summed E-state index contributed by atoms with van der Waals surface area (Å²) in [4.78, 5) is 19.5. The van der Waals surface area contributed by atoms with Crippen molar-refractivity contribution < 1.29 is 11.3 Å². The first-order chi connectivity index (χ1) is 9.22. The maximum atomic E-state index is 11.2. The molecule has 1 heterocycles. The van der Waals surface area contributed by atoms with Gasteiger partial charge in [-0.15, -0.1) is 12.4 Å². The minimum Gasteiger partial charge on any atom is -0.480 e. The molecule has 2 aromatic rings. The normalized spacial score (nSPS) is 11.7. The van der Waals surface area contributed by atoms with Crippen LogP contribution in [0.2, 0.25) is 0 Å². The van der Waals surface area contributed by atoms with Gasteiger partial charge >= 0.3 is 5.97 Å². The number of aromatic nitrogens is 2. The van der Waals surface area contributed by atoms with Crippen LogP contribution in [0.4, 0.5) is 5.82 Å². The molecule has 0 fully saturated rings. The van der Waals surface area contributed by atoms with E-state index in [1.165, 1.54) is 6.33 Å². The van der Waals surface area contributed by atoms with Gasteiger partial charge in [0, 0.05) is 6.81 Å². The number of aliphatic carboxylic acids is 1. The molecule has 0 radical (unpaired) electrons. The summed E-state index contributed by atoms with van der Waals surface area (Å²) in [5.41, 5.74) is 0.800. The van der Waals surface area contributed by atoms with Gasteiger partial charge in [-0.1, -0.05) is 12.1 Å². The summed E-state index contributed by atoms with van der Waals surface area (Å²) in [5.74, 6) is 0.489. The van der Waals surface area contributed by atoms with Crippen molar-refractivity contribution in [2.75, 3.05) is 17.3 Å². The third-order valence-corrected chi connectivity index (χ3v) is 3.41. The number of hydrogen-bond donors (Lipinski definition) is 2. The fourth-order valence-electron chi connectivity index (χ4n) is 1.78. The number of benzene rings is 1. The average molecular weight is 316 g/mol. The van der Waals surface area contributed by atoms with E-state index < -0.39 is 12.0 Å². The van der Waals surface area contributed by atoms with Crippen molar-refractivity contribution in [1.29, 1.82) is 0 Å². The molecule has 5 nitrogen and oxygen atoms in total. The molecule has 1 unspecified atom stereocenters. The maximum Gasteiger partial charge on any atom is 0.326 e. The zero-order valence-corrected chi connectivity index (χ0v) is 12.6. The number of carbonyl (C=O) groups is 1. The van der Waals surface area contributed by atoms with Crippen molar-refractivity contribution >= 4 is 46.9 Å². The number of anilines is 1. The van der Waals surface area contributed by atoms with Crippen LogP contribution in [0.5, 0.6) is 0 Å². The number of halogens is 1. The molecule has 0 saturated heterocycles. The second-order valence-corrected chi connectivity index (χ2v) is 5.04. The number of carboxylic acids is 1. The van der Waals surface area contributed by atoms with Gasteiger partial charge in [0.1, 0.15) is 18.2 Å². The van der Waals surface area contributed by atoms with Crippen LogP contribution in [-0.2, 0) is 4.79 Å². The van der Waals surface area contributed by atoms with Crippen LogP contribution in [0.3, 0.4) is 0 Å². The van der Waals surface area contributed by atoms with Crippen LogP contribution < -0.4 is 5.32 Å². The fourth-order valence-corrected chi connectivity index (χ4v) is 2.25. The van der Waals surface area contributed by atoms with E-state index in [9.17, 15) is 9.90 Å². The van der Waals surface area contributed by atoms with Gasteiger partial charge in [0.05, 0.1) is 5.52 Å². The van der Waals surface area contributed by atoms with Crippen LogP contribution in [0.25, 0.3) is 10.9 Å². The van der Waals surface area contributed by atoms with Gasteiger partial charge in [-0.3, -0.25) is 0 Å². The lowest BCUT2D eigenvalue weighted by molar-refractivity contribution is -0.137. The third-order valence-electron chi connectivity index (χ3n) is 2.76. The highest BCUT2D eigenvalue weighted by atomic mass is 35.5. The highest BCUT2D eigenvalue weighted by molar-refractivity contribution is 7.98. The van der Waals surface area contributed by atoms with Gasteiger partial charge in [0.25, 0.3) is 0 Å². The van der Waals surface area contributed by atoms with Crippen molar-refractivity contribution in [3.8, 4) is 0 Å². The number of thioether (sulfide) groups is 1. The molecule has 0 aliphatic carbocycles. The van der Waals surface area contributed by atoms with Crippen molar-refractivity contribution in [3.63, 3.8) is 0 Å². The zero-order chi connectivity index (χ0) is 13.7. The van der Waals surface area contributed by atoms with Crippen LogP contribution in [0.1, 0.15) is 7.85 Å². The summed E-state index contributed by atoms with van der Waals surface area (Å²) in [5, 5.41) is 13.0. The standard InChI is InChI=1S/C13H15N3O2S.ClH.H2/c1-19-7-6-11(13(17)18)16-12-9-4-2-3-5-10(9)14-8-15-12;;/h2-5,8,11H,6-7H2,1H3,(H,17,18)(H,14,15,16);2*1H. The van der Waals surface area contributed by atoms with E-state index in [4.69, 9.17) is 0 Å². The topological polar surface area (TPSA) is 75.1 Å². The van der Waals surface area contributed by atoms with Gasteiger partial charge in [-0.05, 0) is 30.6 Å². The van der Waals surface area contributed by atoms with Gasteiger partial charge in [-0.2, -0.15) is 11.8 Å². The monoisotopic (exact) mass is 315 g/mol. The van der Waals surface area contributed by atoms with E-state index >= 15 is 0 Å². The first kappa shape index (κ1) is 16.5. The number of hydrogen-bond acceptors (Lipinski definition) is 5. The number of para-hydroxylation sites is 1. The lowest BCUT2D eigenvalue weighted by Crippen LogP contribution is -2.30. The van der Waals surface area contributed by atoms with Crippen LogP contribution in [0.15, 0.2) is 30.6 Å². The lowest BCUT2D eigenvalue weighted by Gasteiger charge is -2.15. The lowest BCUT2D eigenvalue weighted by atomic mass is 10.2. The van der Waals surface area contributed by atoms with Crippen LogP contribution in [-0.4, -0.2) is 39.1 Å². The smallest absolute Gasteiger partial charge is 0.326 e. The molecule has 1 atom stereocenters. The van der Waals surface area contributed by atoms with E-state index in [1.54, 1.807) is 11.8 Å². The Labute approximate surface area is 129 Å². The van der Waals surface area contributed by atoms with Crippen molar-refractivity contribution in [3.05, 3.63) is 30.6 Å². The summed E-state index contributed by atoms with van der Waals surface area (Å²) in [7, 11) is 0. The Hall–Kier alpha value is -1.53. The van der Waals surface area contributed by atoms with Gasteiger partial charge in [0.15, 0.2) is 0 Å². The van der Waals surface area contributed by atoms with Crippen molar-refractivity contribution in [2.45, 2.75) is 12.5 Å². The summed E-state index contributed by atoms with van der Waals surface area (Å²) in [6.45, 7) is 0. The fraction of sp³-hybridized carbons (Fsp3) is 0.308. The molecule has 20 heavy (non-hydrogen) atoms. The number of nitrogens with zero attached hydrogens (tertiary/aromatic N) is 2. The van der Waals surface area contributed by atoms with E-state index in [1.807, 2.05) is 30.5 Å². The highest BCUT2D eigenvalue weighted by Gasteiger charge is 2.18. The maximum absolute atomic E-state index is 11.2. The molecule has 110 valence electrons. The molecular formula is C13H18ClN3O2S. The van der Waals surface area contributed by atoms with E-state index in [-0.39, 0.29) is 13.8 Å². The predicted octanol–water partition coefficient (Wildman–Crippen LogP) is 2.92. The van der Waals surface area contributed by atoms with Crippen LogP contribution >= 0.6 is 24.2 Å². The SMILES string of the molecule is CSCCC(Nc1ncnc2ccccc12)C(=O)O.Cl.[HH]. The predicted molar refractivity (Wildman–Crippen MR) is 86.9 cm³/mol. The molecule has 2 N–H and O–H groups in total. The Morgan fingerprint density at radius 1 is 1.45 bits per heavy atom. The Morgan fingerprint density at radius 2 is 2.20 bits per heavy atom. The van der Waals surface area contributed by atoms with Crippen LogP contribution in [0, 0.1) is 0 Å². The summed E-state index contributed by atoms with van der Waals surface area (Å²) < 4.78 is 0. The van der Waals surface area contributed by atoms with Crippen molar-refractivity contribution in [1.82, 2.24) is 9.97 Å². The van der Waals surface area contributed by atoms with E-state index in [0.717, 1.165) is 16.7 Å².